The van der Waals surface area contributed by atoms with Crippen molar-refractivity contribution in [3.05, 3.63) is 15.9 Å². The zero-order valence-corrected chi connectivity index (χ0v) is 12.1. The molecule has 1 aromatic heterocycles. The molecule has 0 saturated heterocycles. The third kappa shape index (κ3) is 3.29. The Bertz CT molecular complexity index is 413. The van der Waals surface area contributed by atoms with E-state index >= 15 is 0 Å². The van der Waals surface area contributed by atoms with Crippen LogP contribution in [0.4, 0.5) is 0 Å². The number of halogens is 1. The van der Waals surface area contributed by atoms with E-state index in [1.54, 1.807) is 13.8 Å². The van der Waals surface area contributed by atoms with Gasteiger partial charge in [-0.05, 0) is 35.7 Å². The van der Waals surface area contributed by atoms with E-state index in [2.05, 4.69) is 31.4 Å². The van der Waals surface area contributed by atoms with Gasteiger partial charge in [-0.1, -0.05) is 13.8 Å². The minimum Gasteiger partial charge on any atom is -0.394 e. The number of amides is 1. The lowest BCUT2D eigenvalue weighted by Gasteiger charge is -2.22. The zero-order valence-electron chi connectivity index (χ0n) is 10.5. The summed E-state index contributed by atoms with van der Waals surface area (Å²) >= 11 is 3.36. The highest BCUT2D eigenvalue weighted by atomic mass is 79.9. The summed E-state index contributed by atoms with van der Waals surface area (Å²) < 4.78 is 0.679. The van der Waals surface area contributed by atoms with E-state index < -0.39 is 5.54 Å². The Hall–Kier alpha value is -0.880. The van der Waals surface area contributed by atoms with Gasteiger partial charge in [-0.2, -0.15) is 5.10 Å². The van der Waals surface area contributed by atoms with Gasteiger partial charge >= 0.3 is 0 Å². The van der Waals surface area contributed by atoms with Gasteiger partial charge in [0.1, 0.15) is 0 Å². The summed E-state index contributed by atoms with van der Waals surface area (Å²) in [6.07, 6.45) is 0. The molecule has 96 valence electrons. The van der Waals surface area contributed by atoms with Crippen LogP contribution in [0, 0.1) is 0 Å². The maximum absolute atomic E-state index is 11.9. The monoisotopic (exact) mass is 303 g/mol. The predicted molar refractivity (Wildman–Crippen MR) is 69.0 cm³/mol. The number of aliphatic hydroxyl groups excluding tert-OH is 1. The first-order chi connectivity index (χ1) is 7.78. The Kier molecular flexibility index (Phi) is 4.32. The predicted octanol–water partition coefficient (Wildman–Crippen LogP) is 1.80. The van der Waals surface area contributed by atoms with Crippen molar-refractivity contribution in [2.75, 3.05) is 6.61 Å². The first kappa shape index (κ1) is 14.2. The first-order valence-electron chi connectivity index (χ1n) is 5.45. The maximum atomic E-state index is 11.9. The maximum Gasteiger partial charge on any atom is 0.273 e. The van der Waals surface area contributed by atoms with Crippen LogP contribution >= 0.6 is 15.9 Å². The van der Waals surface area contributed by atoms with Crippen molar-refractivity contribution >= 4 is 21.8 Å². The molecule has 17 heavy (non-hydrogen) atoms. The molecule has 0 aliphatic heterocycles. The van der Waals surface area contributed by atoms with Crippen molar-refractivity contribution in [2.24, 2.45) is 0 Å². The molecular weight excluding hydrogens is 286 g/mol. The number of aromatic nitrogens is 2. The first-order valence-corrected chi connectivity index (χ1v) is 6.25. The number of aliphatic hydroxyl groups is 1. The lowest BCUT2D eigenvalue weighted by atomic mass is 10.1. The fraction of sp³-hybridized carbons (Fsp3) is 0.636. The number of H-pyrrole nitrogens is 1. The average molecular weight is 304 g/mol. The highest BCUT2D eigenvalue weighted by Crippen LogP contribution is 2.25. The van der Waals surface area contributed by atoms with Gasteiger partial charge in [0.05, 0.1) is 22.3 Å². The van der Waals surface area contributed by atoms with Crippen LogP contribution < -0.4 is 5.32 Å². The Labute approximate surface area is 109 Å². The van der Waals surface area contributed by atoms with E-state index in [1.165, 1.54) is 0 Å². The van der Waals surface area contributed by atoms with E-state index in [-0.39, 0.29) is 18.4 Å². The Morgan fingerprint density at radius 1 is 1.59 bits per heavy atom. The minimum absolute atomic E-state index is 0.127. The molecule has 0 saturated carbocycles. The van der Waals surface area contributed by atoms with Crippen molar-refractivity contribution in [1.29, 1.82) is 0 Å². The summed E-state index contributed by atoms with van der Waals surface area (Å²) in [4.78, 5) is 11.9. The number of carbonyl (C=O) groups excluding carboxylic acids is 1. The second-order valence-corrected chi connectivity index (χ2v) is 5.74. The molecule has 1 amide bonds. The molecule has 0 spiro atoms. The van der Waals surface area contributed by atoms with Crippen molar-refractivity contribution in [3.63, 3.8) is 0 Å². The molecule has 3 N–H and O–H groups in total. The SMILES string of the molecule is CC(C)c1[nH]nc(C(=O)NC(C)(C)CO)c1Br. The standard InChI is InChI=1S/C11H18BrN3O2/c1-6(2)8-7(12)9(15-14-8)10(17)13-11(3,4)5-16/h6,16H,5H2,1-4H3,(H,13,17)(H,14,15). The minimum atomic E-state index is -0.659. The van der Waals surface area contributed by atoms with E-state index in [0.717, 1.165) is 5.69 Å². The van der Waals surface area contributed by atoms with E-state index in [1.807, 2.05) is 13.8 Å². The second kappa shape index (κ2) is 5.18. The fourth-order valence-electron chi connectivity index (χ4n) is 1.28. The van der Waals surface area contributed by atoms with E-state index in [4.69, 9.17) is 5.11 Å². The number of hydrogen-bond donors (Lipinski definition) is 3. The van der Waals surface area contributed by atoms with Crippen molar-refractivity contribution in [1.82, 2.24) is 15.5 Å². The van der Waals surface area contributed by atoms with Crippen LogP contribution in [0.15, 0.2) is 4.47 Å². The van der Waals surface area contributed by atoms with Crippen molar-refractivity contribution < 1.29 is 9.90 Å². The number of hydrogen-bond acceptors (Lipinski definition) is 3. The van der Waals surface area contributed by atoms with E-state index in [9.17, 15) is 4.79 Å². The highest BCUT2D eigenvalue weighted by Gasteiger charge is 2.24. The molecule has 0 aliphatic carbocycles. The summed E-state index contributed by atoms with van der Waals surface area (Å²) in [6.45, 7) is 7.39. The van der Waals surface area contributed by atoms with Gasteiger partial charge in [-0.25, -0.2) is 0 Å². The number of carbonyl (C=O) groups is 1. The van der Waals surface area contributed by atoms with Crippen LogP contribution in [0.2, 0.25) is 0 Å². The van der Waals surface area contributed by atoms with Gasteiger partial charge in [0.15, 0.2) is 5.69 Å². The Morgan fingerprint density at radius 3 is 2.59 bits per heavy atom. The quantitative estimate of drug-likeness (QED) is 0.793. The lowest BCUT2D eigenvalue weighted by Crippen LogP contribution is -2.46. The molecule has 1 aromatic rings. The van der Waals surface area contributed by atoms with Gasteiger partial charge in [0.2, 0.25) is 0 Å². The molecule has 0 atom stereocenters. The molecule has 0 aromatic carbocycles. The summed E-state index contributed by atoms with van der Waals surface area (Å²) in [6, 6.07) is 0. The topological polar surface area (TPSA) is 78.0 Å². The second-order valence-electron chi connectivity index (χ2n) is 4.95. The summed E-state index contributed by atoms with van der Waals surface area (Å²) in [7, 11) is 0. The molecule has 1 heterocycles. The largest absolute Gasteiger partial charge is 0.394 e. The lowest BCUT2D eigenvalue weighted by molar-refractivity contribution is 0.0863. The van der Waals surface area contributed by atoms with Gasteiger partial charge in [-0.15, -0.1) is 0 Å². The fourth-order valence-corrected chi connectivity index (χ4v) is 2.10. The van der Waals surface area contributed by atoms with Crippen LogP contribution in [0.5, 0.6) is 0 Å². The smallest absolute Gasteiger partial charge is 0.273 e. The number of aromatic amines is 1. The summed E-state index contributed by atoms with van der Waals surface area (Å²) in [5.74, 6) is -0.0525. The molecule has 0 fully saturated rings. The highest BCUT2D eigenvalue weighted by molar-refractivity contribution is 9.10. The average Bonchev–Trinajstić information content (AvgIpc) is 2.59. The molecular formula is C11H18BrN3O2. The van der Waals surface area contributed by atoms with E-state index in [0.29, 0.717) is 10.2 Å². The molecule has 1 rings (SSSR count). The number of nitrogens with one attached hydrogen (secondary N) is 2. The Morgan fingerprint density at radius 2 is 2.18 bits per heavy atom. The van der Waals surface area contributed by atoms with Gasteiger partial charge in [0, 0.05) is 0 Å². The van der Waals surface area contributed by atoms with Crippen LogP contribution in [-0.4, -0.2) is 33.4 Å². The number of rotatable bonds is 4. The molecule has 0 radical (unpaired) electrons. The molecule has 0 unspecified atom stereocenters. The number of nitrogens with zero attached hydrogens (tertiary/aromatic N) is 1. The van der Waals surface area contributed by atoms with Crippen LogP contribution in [0.1, 0.15) is 49.8 Å². The van der Waals surface area contributed by atoms with Gasteiger partial charge < -0.3 is 10.4 Å². The van der Waals surface area contributed by atoms with Gasteiger partial charge in [-0.3, -0.25) is 9.89 Å². The third-order valence-corrected chi connectivity index (χ3v) is 3.17. The molecule has 5 nitrogen and oxygen atoms in total. The van der Waals surface area contributed by atoms with Crippen molar-refractivity contribution in [3.8, 4) is 0 Å². The zero-order chi connectivity index (χ0) is 13.2. The van der Waals surface area contributed by atoms with Gasteiger partial charge in [0.25, 0.3) is 5.91 Å². The third-order valence-electron chi connectivity index (χ3n) is 2.37. The van der Waals surface area contributed by atoms with Crippen LogP contribution in [0.25, 0.3) is 0 Å². The molecule has 0 aliphatic rings. The molecule has 6 heteroatoms. The summed E-state index contributed by atoms with van der Waals surface area (Å²) in [5, 5.41) is 18.6. The van der Waals surface area contributed by atoms with Crippen molar-refractivity contribution in [2.45, 2.75) is 39.2 Å². The normalized spacial score (nSPS) is 11.9. The summed E-state index contributed by atoms with van der Waals surface area (Å²) in [5.41, 5.74) is 0.542. The van der Waals surface area contributed by atoms with Crippen LogP contribution in [0.3, 0.4) is 0 Å². The molecule has 0 bridgehead atoms. The Balaban J connectivity index is 2.91. The van der Waals surface area contributed by atoms with Crippen LogP contribution in [-0.2, 0) is 0 Å².